The molecule has 3 N–H and O–H groups in total. The van der Waals surface area contributed by atoms with E-state index in [2.05, 4.69) is 28.5 Å². The third-order valence-corrected chi connectivity index (χ3v) is 4.92. The fourth-order valence-electron chi connectivity index (χ4n) is 2.94. The van der Waals surface area contributed by atoms with Gasteiger partial charge in [-0.05, 0) is 48.1 Å². The largest absolute Gasteiger partial charge is 0.490 e. The van der Waals surface area contributed by atoms with Gasteiger partial charge in [0, 0.05) is 25.0 Å². The molecule has 0 aromatic heterocycles. The first kappa shape index (κ1) is 21.5. The molecule has 0 aliphatic carbocycles. The van der Waals surface area contributed by atoms with Gasteiger partial charge in [-0.2, -0.15) is 0 Å². The molecule has 0 unspecified atom stereocenters. The molecule has 0 aliphatic heterocycles. The van der Waals surface area contributed by atoms with Gasteiger partial charge in [-0.1, -0.05) is 41.9 Å². The molecule has 0 atom stereocenters. The molecule has 0 saturated heterocycles. The first-order valence-corrected chi connectivity index (χ1v) is 9.41. The maximum Gasteiger partial charge on any atom is 0.207 e. The Morgan fingerprint density at radius 1 is 1.29 bits per heavy atom. The summed E-state index contributed by atoms with van der Waals surface area (Å²) in [6.07, 6.45) is 4.71. The van der Waals surface area contributed by atoms with Crippen LogP contribution >= 0.6 is 11.6 Å². The number of nitrogens with zero attached hydrogens (tertiary/aromatic N) is 1. The number of aliphatic imine (C=N–C) groups is 1. The second kappa shape index (κ2) is 10.5. The normalized spacial score (nSPS) is 11.6. The van der Waals surface area contributed by atoms with Crippen LogP contribution in [0, 0.1) is 13.8 Å². The summed E-state index contributed by atoms with van der Waals surface area (Å²) in [6, 6.07) is 10.3. The van der Waals surface area contributed by atoms with E-state index in [0.717, 1.165) is 34.2 Å². The number of hydrogen-bond donors (Lipinski definition) is 2. The average molecular weight is 400 g/mol. The number of carbonyl (C=O) groups excluding carboxylic acids is 1. The number of halogens is 1. The molecule has 0 bridgehead atoms. The Morgan fingerprint density at radius 3 is 2.61 bits per heavy atom. The Morgan fingerprint density at radius 2 is 2.00 bits per heavy atom. The van der Waals surface area contributed by atoms with Crippen LogP contribution in [0.4, 0.5) is 0 Å². The Labute approximate surface area is 171 Å². The van der Waals surface area contributed by atoms with Crippen LogP contribution in [0.2, 0.25) is 5.02 Å². The number of aryl methyl sites for hydroxylation is 1. The van der Waals surface area contributed by atoms with Crippen molar-refractivity contribution in [2.24, 2.45) is 10.7 Å². The highest BCUT2D eigenvalue weighted by Gasteiger charge is 2.13. The number of ether oxygens (including phenoxy) is 1. The quantitative estimate of drug-likeness (QED) is 0.383. The van der Waals surface area contributed by atoms with E-state index in [0.29, 0.717) is 30.3 Å². The zero-order valence-corrected chi connectivity index (χ0v) is 17.2. The van der Waals surface area contributed by atoms with Crippen LogP contribution < -0.4 is 15.8 Å². The van der Waals surface area contributed by atoms with E-state index in [1.807, 2.05) is 26.0 Å². The Bertz CT molecular complexity index is 874. The zero-order valence-electron chi connectivity index (χ0n) is 16.5. The maximum absolute atomic E-state index is 10.3. The molecular formula is C22H26ClN3O2. The highest BCUT2D eigenvalue weighted by atomic mass is 35.5. The van der Waals surface area contributed by atoms with Gasteiger partial charge in [0.2, 0.25) is 6.41 Å². The minimum Gasteiger partial charge on any atom is -0.490 e. The fourth-order valence-corrected chi connectivity index (χ4v) is 3.26. The van der Waals surface area contributed by atoms with E-state index in [1.165, 1.54) is 5.56 Å². The lowest BCUT2D eigenvalue weighted by Gasteiger charge is -2.16. The van der Waals surface area contributed by atoms with Gasteiger partial charge in [0.1, 0.15) is 12.4 Å². The standard InChI is InChI=1S/C22H26ClN3O2/c1-15-10-19(16(2)21(23)22(15)28-9-8-26-14-27)11-17-4-6-18(7-5-17)20(12-24)13-25-3/h4-7,10,12-14H,8-9,11,24H2,1-3H3,(H,26,27)/b20-12+,25-13?. The lowest BCUT2D eigenvalue weighted by Crippen LogP contribution is -2.19. The first-order chi connectivity index (χ1) is 13.5. The van der Waals surface area contributed by atoms with E-state index in [1.54, 1.807) is 19.5 Å². The molecule has 0 spiro atoms. The molecule has 0 saturated carbocycles. The molecule has 6 heteroatoms. The molecule has 2 rings (SSSR count). The molecule has 5 nitrogen and oxygen atoms in total. The summed E-state index contributed by atoms with van der Waals surface area (Å²) in [5.74, 6) is 0.669. The van der Waals surface area contributed by atoms with Crippen molar-refractivity contribution in [2.75, 3.05) is 20.2 Å². The van der Waals surface area contributed by atoms with Crippen molar-refractivity contribution in [3.05, 3.63) is 69.4 Å². The number of nitrogens with one attached hydrogen (secondary N) is 1. The topological polar surface area (TPSA) is 76.7 Å². The summed E-state index contributed by atoms with van der Waals surface area (Å²) in [4.78, 5) is 14.3. The SMILES string of the molecule is CN=C/C(=C\N)c1ccc(Cc2cc(C)c(OCCNC=O)c(Cl)c2C)cc1. The van der Waals surface area contributed by atoms with Crippen molar-refractivity contribution in [1.29, 1.82) is 0 Å². The van der Waals surface area contributed by atoms with Crippen LogP contribution in [0.15, 0.2) is 41.5 Å². The minimum absolute atomic E-state index is 0.373. The van der Waals surface area contributed by atoms with Gasteiger partial charge >= 0.3 is 0 Å². The summed E-state index contributed by atoms with van der Waals surface area (Å²) in [6.45, 7) is 4.78. The predicted molar refractivity (Wildman–Crippen MR) is 116 cm³/mol. The second-order valence-electron chi connectivity index (χ2n) is 6.42. The van der Waals surface area contributed by atoms with Crippen LogP contribution in [0.5, 0.6) is 5.75 Å². The van der Waals surface area contributed by atoms with Gasteiger partial charge in [-0.25, -0.2) is 0 Å². The number of amides is 1. The number of hydrogen-bond acceptors (Lipinski definition) is 4. The third kappa shape index (κ3) is 5.36. The summed E-state index contributed by atoms with van der Waals surface area (Å²) < 4.78 is 5.75. The minimum atomic E-state index is 0.373. The number of carbonyl (C=O) groups is 1. The summed E-state index contributed by atoms with van der Waals surface area (Å²) in [5.41, 5.74) is 11.9. The van der Waals surface area contributed by atoms with Crippen molar-refractivity contribution in [3.8, 4) is 5.75 Å². The Kier molecular flexibility index (Phi) is 8.08. The van der Waals surface area contributed by atoms with Crippen LogP contribution in [0.1, 0.15) is 27.8 Å². The highest BCUT2D eigenvalue weighted by molar-refractivity contribution is 6.33. The van der Waals surface area contributed by atoms with E-state index in [9.17, 15) is 4.79 Å². The summed E-state index contributed by atoms with van der Waals surface area (Å²) >= 11 is 6.55. The molecule has 2 aromatic rings. The molecule has 148 valence electrons. The van der Waals surface area contributed by atoms with E-state index in [-0.39, 0.29) is 0 Å². The molecule has 28 heavy (non-hydrogen) atoms. The van der Waals surface area contributed by atoms with Crippen LogP contribution in [0.25, 0.3) is 5.57 Å². The van der Waals surface area contributed by atoms with Crippen LogP contribution in [0.3, 0.4) is 0 Å². The smallest absolute Gasteiger partial charge is 0.207 e. The monoisotopic (exact) mass is 399 g/mol. The van der Waals surface area contributed by atoms with Crippen LogP contribution in [-0.4, -0.2) is 32.8 Å². The Balaban J connectivity index is 2.19. The van der Waals surface area contributed by atoms with Crippen molar-refractivity contribution >= 4 is 29.8 Å². The number of benzene rings is 2. The van der Waals surface area contributed by atoms with Crippen LogP contribution in [-0.2, 0) is 11.2 Å². The lowest BCUT2D eigenvalue weighted by molar-refractivity contribution is -0.109. The van der Waals surface area contributed by atoms with Crippen molar-refractivity contribution < 1.29 is 9.53 Å². The van der Waals surface area contributed by atoms with Gasteiger partial charge < -0.3 is 15.8 Å². The summed E-state index contributed by atoms with van der Waals surface area (Å²) in [7, 11) is 1.72. The highest BCUT2D eigenvalue weighted by Crippen LogP contribution is 2.35. The van der Waals surface area contributed by atoms with Gasteiger partial charge in [0.05, 0.1) is 11.6 Å². The molecule has 0 aliphatic rings. The van der Waals surface area contributed by atoms with E-state index >= 15 is 0 Å². The number of rotatable bonds is 9. The van der Waals surface area contributed by atoms with Gasteiger partial charge in [0.25, 0.3) is 0 Å². The third-order valence-electron chi connectivity index (χ3n) is 4.46. The molecule has 0 heterocycles. The van der Waals surface area contributed by atoms with E-state index in [4.69, 9.17) is 22.1 Å². The van der Waals surface area contributed by atoms with Crippen molar-refractivity contribution in [2.45, 2.75) is 20.3 Å². The van der Waals surface area contributed by atoms with Gasteiger partial charge in [-0.3, -0.25) is 9.79 Å². The zero-order chi connectivity index (χ0) is 20.5. The lowest BCUT2D eigenvalue weighted by atomic mass is 9.96. The molecule has 1 amide bonds. The predicted octanol–water partition coefficient (Wildman–Crippen LogP) is 3.67. The average Bonchev–Trinajstić information content (AvgIpc) is 2.70. The number of nitrogens with two attached hydrogens (primary N) is 1. The van der Waals surface area contributed by atoms with Gasteiger partial charge in [0.15, 0.2) is 0 Å². The van der Waals surface area contributed by atoms with Crippen molar-refractivity contribution in [1.82, 2.24) is 5.32 Å². The maximum atomic E-state index is 10.3. The molecular weight excluding hydrogens is 374 g/mol. The van der Waals surface area contributed by atoms with E-state index < -0.39 is 0 Å². The molecule has 0 radical (unpaired) electrons. The number of allylic oxidation sites excluding steroid dienone is 1. The molecule has 2 aromatic carbocycles. The first-order valence-electron chi connectivity index (χ1n) is 9.03. The summed E-state index contributed by atoms with van der Waals surface area (Å²) in [5, 5.41) is 3.19. The van der Waals surface area contributed by atoms with Gasteiger partial charge in [-0.15, -0.1) is 0 Å². The van der Waals surface area contributed by atoms with Crippen molar-refractivity contribution in [3.63, 3.8) is 0 Å². The Hall–Kier alpha value is -2.79. The second-order valence-corrected chi connectivity index (χ2v) is 6.80. The molecule has 0 fully saturated rings. The fraction of sp³-hybridized carbons (Fsp3) is 0.273.